The topological polar surface area (TPSA) is 44.4 Å². The molecule has 4 nitrogen and oxygen atoms in total. The van der Waals surface area contributed by atoms with Crippen LogP contribution in [0.5, 0.6) is 0 Å². The van der Waals surface area contributed by atoms with Crippen molar-refractivity contribution in [2.45, 2.75) is 33.4 Å². The molecule has 2 aromatic rings. The van der Waals surface area contributed by atoms with E-state index in [1.54, 1.807) is 0 Å². The lowest BCUT2D eigenvalue weighted by atomic mass is 10.1. The van der Waals surface area contributed by atoms with Crippen molar-refractivity contribution in [3.05, 3.63) is 64.7 Å². The number of hydrogen-bond acceptors (Lipinski definition) is 3. The van der Waals surface area contributed by atoms with E-state index in [2.05, 4.69) is 53.6 Å². The van der Waals surface area contributed by atoms with Crippen molar-refractivity contribution in [2.24, 2.45) is 0 Å². The molecule has 0 atom stereocenters. The Bertz CT molecular complexity index is 720. The normalized spacial score (nSPS) is 12.8. The maximum absolute atomic E-state index is 12.4. The maximum Gasteiger partial charge on any atom is 0.251 e. The van der Waals surface area contributed by atoms with Crippen molar-refractivity contribution in [1.29, 1.82) is 0 Å². The highest BCUT2D eigenvalue weighted by Gasteiger charge is 2.13. The molecule has 25 heavy (non-hydrogen) atoms. The Morgan fingerprint density at radius 2 is 1.80 bits per heavy atom. The lowest BCUT2D eigenvalue weighted by molar-refractivity contribution is 0.0951. The second-order valence-corrected chi connectivity index (χ2v) is 6.51. The van der Waals surface area contributed by atoms with Crippen LogP contribution in [0.1, 0.15) is 40.9 Å². The molecule has 0 spiro atoms. The van der Waals surface area contributed by atoms with Crippen molar-refractivity contribution >= 4 is 11.6 Å². The van der Waals surface area contributed by atoms with Crippen LogP contribution in [0.4, 0.5) is 5.69 Å². The van der Waals surface area contributed by atoms with Crippen molar-refractivity contribution < 1.29 is 4.79 Å². The molecule has 0 radical (unpaired) electrons. The SMILES string of the molecule is CCN(CC)Cc1ccc(CNC(=O)c2ccc3c(c2)CCN3)cc1. The van der Waals surface area contributed by atoms with Gasteiger partial charge >= 0.3 is 0 Å². The van der Waals surface area contributed by atoms with Crippen molar-refractivity contribution in [3.63, 3.8) is 0 Å². The zero-order chi connectivity index (χ0) is 17.6. The first-order valence-corrected chi connectivity index (χ1v) is 9.14. The Morgan fingerprint density at radius 1 is 1.08 bits per heavy atom. The minimum atomic E-state index is -0.0121. The summed E-state index contributed by atoms with van der Waals surface area (Å²) in [6.07, 6.45) is 0.991. The molecular weight excluding hydrogens is 310 g/mol. The van der Waals surface area contributed by atoms with Gasteiger partial charge in [0, 0.05) is 30.9 Å². The van der Waals surface area contributed by atoms with Crippen LogP contribution in [-0.4, -0.2) is 30.4 Å². The van der Waals surface area contributed by atoms with Crippen molar-refractivity contribution in [2.75, 3.05) is 25.0 Å². The molecule has 0 fully saturated rings. The molecule has 1 aliphatic rings. The number of carbonyl (C=O) groups excluding carboxylic acids is 1. The summed E-state index contributed by atoms with van der Waals surface area (Å²) < 4.78 is 0. The number of carbonyl (C=O) groups is 1. The number of nitrogens with zero attached hydrogens (tertiary/aromatic N) is 1. The number of benzene rings is 2. The fourth-order valence-corrected chi connectivity index (χ4v) is 3.20. The van der Waals surface area contributed by atoms with Gasteiger partial charge in [-0.25, -0.2) is 0 Å². The molecule has 0 saturated carbocycles. The first-order chi connectivity index (χ1) is 12.2. The Labute approximate surface area is 150 Å². The van der Waals surface area contributed by atoms with E-state index in [0.29, 0.717) is 6.54 Å². The third-order valence-electron chi connectivity index (χ3n) is 4.85. The molecule has 1 aliphatic heterocycles. The third kappa shape index (κ3) is 4.40. The zero-order valence-corrected chi connectivity index (χ0v) is 15.1. The second kappa shape index (κ2) is 8.17. The first kappa shape index (κ1) is 17.5. The standard InChI is InChI=1S/C21H27N3O/c1-3-24(4-2)15-17-7-5-16(6-8-17)14-23-21(25)19-9-10-20-18(13-19)11-12-22-20/h5-10,13,22H,3-4,11-12,14-15H2,1-2H3,(H,23,25). The molecule has 1 heterocycles. The van der Waals surface area contributed by atoms with Crippen molar-refractivity contribution in [3.8, 4) is 0 Å². The Hall–Kier alpha value is -2.33. The van der Waals surface area contributed by atoms with E-state index in [1.165, 1.54) is 11.1 Å². The first-order valence-electron chi connectivity index (χ1n) is 9.14. The van der Waals surface area contributed by atoms with Gasteiger partial charge < -0.3 is 10.6 Å². The van der Waals surface area contributed by atoms with Gasteiger partial charge in [0.05, 0.1) is 0 Å². The quantitative estimate of drug-likeness (QED) is 0.814. The van der Waals surface area contributed by atoms with E-state index in [-0.39, 0.29) is 5.91 Å². The van der Waals surface area contributed by atoms with Crippen LogP contribution in [0.3, 0.4) is 0 Å². The minimum absolute atomic E-state index is 0.0121. The number of anilines is 1. The summed E-state index contributed by atoms with van der Waals surface area (Å²) >= 11 is 0. The Balaban J connectivity index is 1.55. The molecule has 2 N–H and O–H groups in total. The molecule has 0 aromatic heterocycles. The highest BCUT2D eigenvalue weighted by molar-refractivity contribution is 5.95. The van der Waals surface area contributed by atoms with Crippen LogP contribution in [0, 0.1) is 0 Å². The maximum atomic E-state index is 12.4. The second-order valence-electron chi connectivity index (χ2n) is 6.51. The summed E-state index contributed by atoms with van der Waals surface area (Å²) in [7, 11) is 0. The number of rotatable bonds is 7. The van der Waals surface area contributed by atoms with Gasteiger partial charge in [-0.15, -0.1) is 0 Å². The summed E-state index contributed by atoms with van der Waals surface area (Å²) in [5.74, 6) is -0.0121. The summed E-state index contributed by atoms with van der Waals surface area (Å²) in [5, 5.41) is 6.34. The van der Waals surface area contributed by atoms with Gasteiger partial charge in [0.25, 0.3) is 5.91 Å². The number of hydrogen-bond donors (Lipinski definition) is 2. The summed E-state index contributed by atoms with van der Waals surface area (Å²) in [6, 6.07) is 14.4. The molecule has 4 heteroatoms. The van der Waals surface area contributed by atoms with Gasteiger partial charge in [-0.1, -0.05) is 38.1 Å². The van der Waals surface area contributed by atoms with E-state index in [9.17, 15) is 4.79 Å². The van der Waals surface area contributed by atoms with Crippen LogP contribution >= 0.6 is 0 Å². The van der Waals surface area contributed by atoms with Crippen LogP contribution in [-0.2, 0) is 19.5 Å². The molecule has 0 bridgehead atoms. The monoisotopic (exact) mass is 337 g/mol. The Kier molecular flexibility index (Phi) is 5.71. The van der Waals surface area contributed by atoms with E-state index in [0.717, 1.165) is 49.4 Å². The molecule has 2 aromatic carbocycles. The van der Waals surface area contributed by atoms with Gasteiger partial charge in [0.1, 0.15) is 0 Å². The van der Waals surface area contributed by atoms with Crippen LogP contribution in [0.2, 0.25) is 0 Å². The van der Waals surface area contributed by atoms with E-state index in [1.807, 2.05) is 18.2 Å². The lowest BCUT2D eigenvalue weighted by Crippen LogP contribution is -2.23. The Morgan fingerprint density at radius 3 is 2.52 bits per heavy atom. The average molecular weight is 337 g/mol. The fourth-order valence-electron chi connectivity index (χ4n) is 3.20. The molecule has 0 unspecified atom stereocenters. The molecule has 0 aliphatic carbocycles. The molecule has 3 rings (SSSR count). The number of amides is 1. The average Bonchev–Trinajstić information content (AvgIpc) is 3.12. The van der Waals surface area contributed by atoms with Crippen LogP contribution < -0.4 is 10.6 Å². The van der Waals surface area contributed by atoms with E-state index in [4.69, 9.17) is 0 Å². The largest absolute Gasteiger partial charge is 0.384 e. The summed E-state index contributed by atoms with van der Waals surface area (Å²) in [5.41, 5.74) is 5.55. The predicted octanol–water partition coefficient (Wildman–Crippen LogP) is 3.43. The summed E-state index contributed by atoms with van der Waals surface area (Å²) in [4.78, 5) is 14.8. The molecular formula is C21H27N3O. The smallest absolute Gasteiger partial charge is 0.251 e. The zero-order valence-electron chi connectivity index (χ0n) is 15.1. The van der Waals surface area contributed by atoms with Gasteiger partial charge in [0.15, 0.2) is 0 Å². The minimum Gasteiger partial charge on any atom is -0.384 e. The number of fused-ring (bicyclic) bond motifs is 1. The third-order valence-corrected chi connectivity index (χ3v) is 4.85. The summed E-state index contributed by atoms with van der Waals surface area (Å²) in [6.45, 7) is 8.98. The highest BCUT2D eigenvalue weighted by Crippen LogP contribution is 2.23. The van der Waals surface area contributed by atoms with Gasteiger partial charge in [-0.2, -0.15) is 0 Å². The van der Waals surface area contributed by atoms with Gasteiger partial charge in [-0.05, 0) is 54.4 Å². The molecule has 0 saturated heterocycles. The van der Waals surface area contributed by atoms with E-state index >= 15 is 0 Å². The lowest BCUT2D eigenvalue weighted by Gasteiger charge is -2.18. The predicted molar refractivity (Wildman–Crippen MR) is 103 cm³/mol. The molecule has 1 amide bonds. The van der Waals surface area contributed by atoms with Crippen LogP contribution in [0.25, 0.3) is 0 Å². The number of nitrogens with one attached hydrogen (secondary N) is 2. The molecule has 132 valence electrons. The highest BCUT2D eigenvalue weighted by atomic mass is 16.1. The van der Waals surface area contributed by atoms with E-state index < -0.39 is 0 Å². The fraction of sp³-hybridized carbons (Fsp3) is 0.381. The van der Waals surface area contributed by atoms with Gasteiger partial charge in [-0.3, -0.25) is 9.69 Å². The van der Waals surface area contributed by atoms with Crippen LogP contribution in [0.15, 0.2) is 42.5 Å². The van der Waals surface area contributed by atoms with Crippen molar-refractivity contribution in [1.82, 2.24) is 10.2 Å². The van der Waals surface area contributed by atoms with Gasteiger partial charge in [0.2, 0.25) is 0 Å².